The number of anilines is 1. The number of aromatic nitrogens is 4. The zero-order valence-corrected chi connectivity index (χ0v) is 14.9. The van der Waals surface area contributed by atoms with Crippen LogP contribution >= 0.6 is 0 Å². The average Bonchev–Trinajstić information content (AvgIpc) is 3.43. The van der Waals surface area contributed by atoms with Crippen molar-refractivity contribution < 1.29 is 13.9 Å². The minimum Gasteiger partial charge on any atom is -0.493 e. The maximum absolute atomic E-state index is 12.3. The number of rotatable bonds is 7. The molecule has 0 atom stereocenters. The fraction of sp³-hybridized carbons (Fsp3) is 0.100. The molecule has 3 aromatic heterocycles. The second-order valence-corrected chi connectivity index (χ2v) is 5.82. The summed E-state index contributed by atoms with van der Waals surface area (Å²) < 4.78 is 12.5. The number of benzene rings is 1. The van der Waals surface area contributed by atoms with Crippen LogP contribution in [0.3, 0.4) is 0 Å². The molecule has 8 nitrogen and oxygen atoms in total. The van der Waals surface area contributed by atoms with Crippen LogP contribution in [0.4, 0.5) is 5.82 Å². The maximum Gasteiger partial charge on any atom is 0.228 e. The Labute approximate surface area is 160 Å². The van der Waals surface area contributed by atoms with Gasteiger partial charge in [0, 0.05) is 18.5 Å². The van der Waals surface area contributed by atoms with E-state index in [0.717, 1.165) is 5.75 Å². The molecule has 8 heteroatoms. The molecule has 0 aliphatic rings. The molecule has 140 valence electrons. The molecule has 4 rings (SSSR count). The molecule has 4 aromatic rings. The van der Waals surface area contributed by atoms with Gasteiger partial charge in [-0.05, 0) is 30.3 Å². The van der Waals surface area contributed by atoms with E-state index in [4.69, 9.17) is 9.15 Å². The van der Waals surface area contributed by atoms with Gasteiger partial charge in [-0.25, -0.2) is 14.6 Å². The Hall–Kier alpha value is -3.94. The standard InChI is InChI=1S/C20H17N5O3/c26-19(9-13-27-15-6-2-1-3-7-15)22-17-14-18(25-11-5-10-21-25)24-20(23-17)16-8-4-12-28-16/h1-8,10-12,14H,9,13H2,(H,22,23,24,26). The number of ether oxygens (including phenoxy) is 1. The number of hydrogen-bond acceptors (Lipinski definition) is 6. The predicted octanol–water partition coefficient (Wildman–Crippen LogP) is 3.33. The Balaban J connectivity index is 1.48. The van der Waals surface area contributed by atoms with E-state index in [0.29, 0.717) is 23.2 Å². The molecule has 0 fully saturated rings. The van der Waals surface area contributed by atoms with Crippen LogP contribution in [0.15, 0.2) is 77.7 Å². The van der Waals surface area contributed by atoms with Crippen molar-refractivity contribution in [3.05, 3.63) is 73.3 Å². The summed E-state index contributed by atoms with van der Waals surface area (Å²) in [5, 5.41) is 6.96. The molecule has 0 bridgehead atoms. The minimum absolute atomic E-state index is 0.187. The predicted molar refractivity (Wildman–Crippen MR) is 102 cm³/mol. The summed E-state index contributed by atoms with van der Waals surface area (Å²) >= 11 is 0. The number of nitrogens with zero attached hydrogens (tertiary/aromatic N) is 4. The van der Waals surface area contributed by atoms with Gasteiger partial charge in [-0.2, -0.15) is 5.10 Å². The molecule has 0 aliphatic carbocycles. The van der Waals surface area contributed by atoms with Gasteiger partial charge < -0.3 is 14.5 Å². The topological polar surface area (TPSA) is 95.1 Å². The summed E-state index contributed by atoms with van der Waals surface area (Å²) in [5.74, 6) is 2.23. The highest BCUT2D eigenvalue weighted by Gasteiger charge is 2.12. The number of amides is 1. The van der Waals surface area contributed by atoms with E-state index in [9.17, 15) is 4.79 Å². The van der Waals surface area contributed by atoms with Crippen LogP contribution in [-0.4, -0.2) is 32.3 Å². The first kappa shape index (κ1) is 17.5. The third-order valence-corrected chi connectivity index (χ3v) is 3.80. The van der Waals surface area contributed by atoms with E-state index in [1.54, 1.807) is 47.6 Å². The van der Waals surface area contributed by atoms with Crippen molar-refractivity contribution in [3.63, 3.8) is 0 Å². The second kappa shape index (κ2) is 8.17. The van der Waals surface area contributed by atoms with Gasteiger partial charge in [0.2, 0.25) is 5.91 Å². The van der Waals surface area contributed by atoms with Crippen molar-refractivity contribution in [2.24, 2.45) is 0 Å². The van der Waals surface area contributed by atoms with Crippen LogP contribution in [0.5, 0.6) is 5.75 Å². The third kappa shape index (κ3) is 4.24. The van der Waals surface area contributed by atoms with Crippen molar-refractivity contribution in [1.29, 1.82) is 0 Å². The number of hydrogen-bond donors (Lipinski definition) is 1. The van der Waals surface area contributed by atoms with Crippen LogP contribution < -0.4 is 10.1 Å². The first-order chi connectivity index (χ1) is 13.8. The van der Waals surface area contributed by atoms with Gasteiger partial charge in [-0.3, -0.25) is 4.79 Å². The lowest BCUT2D eigenvalue weighted by Gasteiger charge is -2.09. The smallest absolute Gasteiger partial charge is 0.228 e. The molecule has 28 heavy (non-hydrogen) atoms. The monoisotopic (exact) mass is 375 g/mol. The van der Waals surface area contributed by atoms with E-state index < -0.39 is 0 Å². The summed E-state index contributed by atoms with van der Waals surface area (Å²) in [4.78, 5) is 21.1. The Morgan fingerprint density at radius 1 is 1.11 bits per heavy atom. The largest absolute Gasteiger partial charge is 0.493 e. The number of carbonyl (C=O) groups excluding carboxylic acids is 1. The normalized spacial score (nSPS) is 10.6. The Kier molecular flexibility index (Phi) is 5.10. The van der Waals surface area contributed by atoms with Crippen LogP contribution in [0.1, 0.15) is 6.42 Å². The van der Waals surface area contributed by atoms with E-state index in [1.165, 1.54) is 0 Å². The van der Waals surface area contributed by atoms with Crippen molar-refractivity contribution in [2.75, 3.05) is 11.9 Å². The molecule has 1 aromatic carbocycles. The molecular weight excluding hydrogens is 358 g/mol. The Morgan fingerprint density at radius 2 is 2.00 bits per heavy atom. The third-order valence-electron chi connectivity index (χ3n) is 3.80. The molecule has 0 unspecified atom stereocenters. The highest BCUT2D eigenvalue weighted by atomic mass is 16.5. The molecule has 0 spiro atoms. The first-order valence-corrected chi connectivity index (χ1v) is 8.68. The SMILES string of the molecule is O=C(CCOc1ccccc1)Nc1cc(-n2cccn2)nc(-c2ccco2)n1. The van der Waals surface area contributed by atoms with Gasteiger partial charge >= 0.3 is 0 Å². The zero-order valence-electron chi connectivity index (χ0n) is 14.9. The summed E-state index contributed by atoms with van der Waals surface area (Å²) in [6, 6.07) is 16.3. The minimum atomic E-state index is -0.216. The van der Waals surface area contributed by atoms with Crippen LogP contribution in [0, 0.1) is 0 Å². The van der Waals surface area contributed by atoms with Crippen LogP contribution in [0.2, 0.25) is 0 Å². The lowest BCUT2D eigenvalue weighted by Crippen LogP contribution is -2.17. The Morgan fingerprint density at radius 3 is 2.75 bits per heavy atom. The number of carbonyl (C=O) groups is 1. The van der Waals surface area contributed by atoms with E-state index >= 15 is 0 Å². The van der Waals surface area contributed by atoms with Gasteiger partial charge in [0.15, 0.2) is 17.4 Å². The van der Waals surface area contributed by atoms with E-state index in [2.05, 4.69) is 20.4 Å². The molecule has 0 radical (unpaired) electrons. The molecule has 0 aliphatic heterocycles. The fourth-order valence-electron chi connectivity index (χ4n) is 2.52. The van der Waals surface area contributed by atoms with Crippen LogP contribution in [-0.2, 0) is 4.79 Å². The quantitative estimate of drug-likeness (QED) is 0.532. The summed E-state index contributed by atoms with van der Waals surface area (Å²) in [7, 11) is 0. The number of furan rings is 1. The van der Waals surface area contributed by atoms with Gasteiger partial charge in [0.1, 0.15) is 11.6 Å². The van der Waals surface area contributed by atoms with E-state index in [1.807, 2.05) is 30.3 Å². The average molecular weight is 375 g/mol. The summed E-state index contributed by atoms with van der Waals surface area (Å²) in [6.45, 7) is 0.262. The number of para-hydroxylation sites is 1. The van der Waals surface area contributed by atoms with Crippen LogP contribution in [0.25, 0.3) is 17.4 Å². The zero-order chi connectivity index (χ0) is 19.2. The molecule has 0 saturated carbocycles. The second-order valence-electron chi connectivity index (χ2n) is 5.82. The van der Waals surface area contributed by atoms with Gasteiger partial charge in [-0.15, -0.1) is 0 Å². The lowest BCUT2D eigenvalue weighted by molar-refractivity contribution is -0.116. The van der Waals surface area contributed by atoms with E-state index in [-0.39, 0.29) is 18.9 Å². The molecular formula is C20H17N5O3. The highest BCUT2D eigenvalue weighted by Crippen LogP contribution is 2.20. The first-order valence-electron chi connectivity index (χ1n) is 8.68. The molecule has 3 heterocycles. The van der Waals surface area contributed by atoms with Crippen molar-refractivity contribution in [1.82, 2.24) is 19.7 Å². The van der Waals surface area contributed by atoms with Crippen molar-refractivity contribution >= 4 is 11.7 Å². The van der Waals surface area contributed by atoms with Gasteiger partial charge in [0.25, 0.3) is 0 Å². The number of nitrogens with one attached hydrogen (secondary N) is 1. The summed E-state index contributed by atoms with van der Waals surface area (Å²) in [6.07, 6.45) is 5.13. The van der Waals surface area contributed by atoms with Crippen molar-refractivity contribution in [3.8, 4) is 23.2 Å². The summed E-state index contributed by atoms with van der Waals surface area (Å²) in [5.41, 5.74) is 0. The van der Waals surface area contributed by atoms with Crippen molar-refractivity contribution in [2.45, 2.75) is 6.42 Å². The fourth-order valence-corrected chi connectivity index (χ4v) is 2.52. The molecule has 0 saturated heterocycles. The molecule has 1 N–H and O–H groups in total. The molecule has 1 amide bonds. The highest BCUT2D eigenvalue weighted by molar-refractivity contribution is 5.90. The van der Waals surface area contributed by atoms with Gasteiger partial charge in [0.05, 0.1) is 19.3 Å². The maximum atomic E-state index is 12.3. The lowest BCUT2D eigenvalue weighted by atomic mass is 10.3. The van der Waals surface area contributed by atoms with Gasteiger partial charge in [-0.1, -0.05) is 18.2 Å². The Bertz CT molecular complexity index is 979.